The fourth-order valence-corrected chi connectivity index (χ4v) is 2.53. The van der Waals surface area contributed by atoms with Crippen molar-refractivity contribution in [3.8, 4) is 0 Å². The largest absolute Gasteiger partial charge is 0.351 e. The lowest BCUT2D eigenvalue weighted by Crippen LogP contribution is -2.50. The van der Waals surface area contributed by atoms with Crippen molar-refractivity contribution in [2.45, 2.75) is 39.8 Å². The highest BCUT2D eigenvalue weighted by molar-refractivity contribution is 5.98. The second-order valence-electron chi connectivity index (χ2n) is 5.27. The number of hydrogen-bond donors (Lipinski definition) is 2. The van der Waals surface area contributed by atoms with Crippen LogP contribution in [0.2, 0.25) is 0 Å². The molecule has 20 heavy (non-hydrogen) atoms. The lowest BCUT2D eigenvalue weighted by Gasteiger charge is -2.31. The average Bonchev–Trinajstić information content (AvgIpc) is 2.55. The molecule has 2 unspecified atom stereocenters. The molecule has 0 aromatic carbocycles. The number of carbonyl (C=O) groups is 2. The summed E-state index contributed by atoms with van der Waals surface area (Å²) in [6.07, 6.45) is 4.11. The zero-order valence-electron chi connectivity index (χ0n) is 12.0. The predicted octanol–water partition coefficient (Wildman–Crippen LogP) is 1.64. The van der Waals surface area contributed by atoms with Gasteiger partial charge < -0.3 is 16.0 Å². The molecular weight excluding hydrogens is 256 g/mol. The molecule has 0 radical (unpaired) electrons. The van der Waals surface area contributed by atoms with Crippen LogP contribution < -0.4 is 11.1 Å². The quantitative estimate of drug-likeness (QED) is 0.860. The number of amides is 3. The highest BCUT2D eigenvalue weighted by atomic mass is 16.2. The topological polar surface area (TPSA) is 88.3 Å². The van der Waals surface area contributed by atoms with E-state index in [-0.39, 0.29) is 11.8 Å². The summed E-state index contributed by atoms with van der Waals surface area (Å²) in [5.41, 5.74) is 7.96. The van der Waals surface area contributed by atoms with E-state index in [1.54, 1.807) is 12.4 Å². The Morgan fingerprint density at radius 2 is 2.30 bits per heavy atom. The van der Waals surface area contributed by atoms with Gasteiger partial charge in [0.15, 0.2) is 0 Å². The second kappa shape index (κ2) is 5.48. The molecular formula is C14H20N4O2. The second-order valence-corrected chi connectivity index (χ2v) is 5.27. The zero-order valence-corrected chi connectivity index (χ0v) is 12.0. The van der Waals surface area contributed by atoms with E-state index in [1.807, 2.05) is 20.8 Å². The van der Waals surface area contributed by atoms with E-state index < -0.39 is 12.1 Å². The Bertz CT molecular complexity index is 544. The minimum atomic E-state index is -0.575. The minimum Gasteiger partial charge on any atom is -0.351 e. The van der Waals surface area contributed by atoms with Gasteiger partial charge in [0.05, 0.1) is 18.4 Å². The number of urea groups is 1. The molecule has 3 amide bonds. The van der Waals surface area contributed by atoms with Crippen LogP contribution in [0.15, 0.2) is 12.4 Å². The summed E-state index contributed by atoms with van der Waals surface area (Å²) in [5, 5.41) is 2.86. The first-order valence-corrected chi connectivity index (χ1v) is 6.76. The number of aromatic nitrogens is 1. The number of nitrogens with zero attached hydrogens (tertiary/aromatic N) is 2. The Hall–Kier alpha value is -2.11. The molecule has 0 spiro atoms. The zero-order chi connectivity index (χ0) is 14.9. The van der Waals surface area contributed by atoms with Crippen molar-refractivity contribution in [1.29, 1.82) is 0 Å². The molecule has 2 rings (SSSR count). The molecule has 0 bridgehead atoms. The molecule has 1 aromatic heterocycles. The monoisotopic (exact) mass is 276 g/mol. The van der Waals surface area contributed by atoms with Crippen molar-refractivity contribution < 1.29 is 9.59 Å². The molecule has 1 aliphatic rings. The lowest BCUT2D eigenvalue weighted by molar-refractivity contribution is -0.121. The molecule has 0 fully saturated rings. The number of nitrogens with two attached hydrogens (primary N) is 1. The molecule has 0 saturated carbocycles. The van der Waals surface area contributed by atoms with Crippen LogP contribution in [0.5, 0.6) is 0 Å². The van der Waals surface area contributed by atoms with Crippen molar-refractivity contribution in [2.75, 3.05) is 5.32 Å². The van der Waals surface area contributed by atoms with E-state index in [1.165, 1.54) is 4.90 Å². The summed E-state index contributed by atoms with van der Waals surface area (Å²) < 4.78 is 0. The Balaban J connectivity index is 2.48. The van der Waals surface area contributed by atoms with Crippen molar-refractivity contribution in [2.24, 2.45) is 11.7 Å². The Morgan fingerprint density at radius 3 is 2.90 bits per heavy atom. The summed E-state index contributed by atoms with van der Waals surface area (Å²) in [7, 11) is 0. The smallest absolute Gasteiger partial charge is 0.315 e. The van der Waals surface area contributed by atoms with Crippen LogP contribution in [-0.2, 0) is 11.3 Å². The maximum absolute atomic E-state index is 12.4. The van der Waals surface area contributed by atoms with Gasteiger partial charge in [-0.3, -0.25) is 9.78 Å². The highest BCUT2D eigenvalue weighted by Crippen LogP contribution is 2.28. The van der Waals surface area contributed by atoms with Gasteiger partial charge in [0.1, 0.15) is 6.04 Å². The third-order valence-electron chi connectivity index (χ3n) is 3.93. The van der Waals surface area contributed by atoms with Crippen molar-refractivity contribution >= 4 is 17.6 Å². The lowest BCUT2D eigenvalue weighted by atomic mass is 9.97. The summed E-state index contributed by atoms with van der Waals surface area (Å²) in [6, 6.07) is -1.13. The SMILES string of the molecule is CCC(C)C1C(=O)Nc2cncc(C)c2CN1C(N)=O. The van der Waals surface area contributed by atoms with Crippen LogP contribution in [0.4, 0.5) is 10.5 Å². The standard InChI is InChI=1S/C14H20N4O2/c1-4-8(2)12-13(19)17-11-6-16-5-9(3)10(11)7-18(12)14(15)20/h5-6,8,12H,4,7H2,1-3H3,(H2,15,20)(H,17,19). The normalized spacial score (nSPS) is 19.9. The number of hydrogen-bond acceptors (Lipinski definition) is 3. The van der Waals surface area contributed by atoms with Gasteiger partial charge in [-0.05, 0) is 18.4 Å². The van der Waals surface area contributed by atoms with E-state index in [0.717, 1.165) is 17.5 Å². The summed E-state index contributed by atoms with van der Waals surface area (Å²) in [6.45, 7) is 6.16. The van der Waals surface area contributed by atoms with Gasteiger partial charge in [0.2, 0.25) is 5.91 Å². The van der Waals surface area contributed by atoms with Gasteiger partial charge in [-0.2, -0.15) is 0 Å². The van der Waals surface area contributed by atoms with E-state index in [4.69, 9.17) is 5.73 Å². The van der Waals surface area contributed by atoms with E-state index in [9.17, 15) is 9.59 Å². The highest BCUT2D eigenvalue weighted by Gasteiger charge is 2.36. The Labute approximate surface area is 118 Å². The van der Waals surface area contributed by atoms with Crippen molar-refractivity contribution in [3.63, 3.8) is 0 Å². The molecule has 1 aliphatic heterocycles. The van der Waals surface area contributed by atoms with Crippen molar-refractivity contribution in [3.05, 3.63) is 23.5 Å². The van der Waals surface area contributed by atoms with Crippen LogP contribution in [-0.4, -0.2) is 27.9 Å². The molecule has 6 nitrogen and oxygen atoms in total. The van der Waals surface area contributed by atoms with Gasteiger partial charge in [-0.1, -0.05) is 20.3 Å². The number of aryl methyl sites for hydroxylation is 1. The molecule has 6 heteroatoms. The van der Waals surface area contributed by atoms with Gasteiger partial charge in [-0.15, -0.1) is 0 Å². The number of nitrogens with one attached hydrogen (secondary N) is 1. The molecule has 108 valence electrons. The van der Waals surface area contributed by atoms with Crippen LogP contribution >= 0.6 is 0 Å². The number of anilines is 1. The number of fused-ring (bicyclic) bond motifs is 1. The molecule has 1 aromatic rings. The van der Waals surface area contributed by atoms with Gasteiger partial charge >= 0.3 is 6.03 Å². The van der Waals surface area contributed by atoms with Gasteiger partial charge in [0, 0.05) is 11.8 Å². The third-order valence-corrected chi connectivity index (χ3v) is 3.93. The van der Waals surface area contributed by atoms with Crippen LogP contribution in [0.3, 0.4) is 0 Å². The first-order valence-electron chi connectivity index (χ1n) is 6.76. The Kier molecular flexibility index (Phi) is 3.92. The summed E-state index contributed by atoms with van der Waals surface area (Å²) >= 11 is 0. The molecule has 0 saturated heterocycles. The molecule has 2 atom stereocenters. The maximum Gasteiger partial charge on any atom is 0.315 e. The fraction of sp³-hybridized carbons (Fsp3) is 0.500. The van der Waals surface area contributed by atoms with Crippen LogP contribution in [0.25, 0.3) is 0 Å². The van der Waals surface area contributed by atoms with E-state index in [0.29, 0.717) is 12.2 Å². The first kappa shape index (κ1) is 14.3. The summed E-state index contributed by atoms with van der Waals surface area (Å²) in [4.78, 5) is 29.7. The Morgan fingerprint density at radius 1 is 1.60 bits per heavy atom. The fourth-order valence-electron chi connectivity index (χ4n) is 2.53. The minimum absolute atomic E-state index is 0.0325. The van der Waals surface area contributed by atoms with Crippen LogP contribution in [0.1, 0.15) is 31.4 Å². The molecule has 0 aliphatic carbocycles. The molecule has 3 N–H and O–H groups in total. The maximum atomic E-state index is 12.4. The number of pyridine rings is 1. The predicted molar refractivity (Wildman–Crippen MR) is 76.0 cm³/mol. The number of primary amides is 1. The van der Waals surface area contributed by atoms with Crippen LogP contribution in [0, 0.1) is 12.8 Å². The first-order chi connectivity index (χ1) is 9.45. The number of carbonyl (C=O) groups excluding carboxylic acids is 2. The average molecular weight is 276 g/mol. The van der Waals surface area contributed by atoms with E-state index >= 15 is 0 Å². The summed E-state index contributed by atoms with van der Waals surface area (Å²) in [5.74, 6) is -0.172. The van der Waals surface area contributed by atoms with Crippen molar-refractivity contribution in [1.82, 2.24) is 9.88 Å². The number of rotatable bonds is 2. The van der Waals surface area contributed by atoms with E-state index in [2.05, 4.69) is 10.3 Å². The molecule has 2 heterocycles. The van der Waals surface area contributed by atoms with Gasteiger partial charge in [-0.25, -0.2) is 4.79 Å². The van der Waals surface area contributed by atoms with Gasteiger partial charge in [0.25, 0.3) is 0 Å². The third kappa shape index (κ3) is 2.45.